The number of carbonyl (C=O) groups is 1. The molecule has 3 nitrogen and oxygen atoms in total. The number of ketones is 1. The van der Waals surface area contributed by atoms with Crippen LogP contribution < -0.4 is 4.90 Å². The maximum atomic E-state index is 11.2. The largest absolute Gasteiger partial charge is 0.374 e. The van der Waals surface area contributed by atoms with E-state index in [-0.39, 0.29) is 5.78 Å². The van der Waals surface area contributed by atoms with Gasteiger partial charge in [0.15, 0.2) is 5.78 Å². The Labute approximate surface area is 95.0 Å². The fourth-order valence-electron chi connectivity index (χ4n) is 2.60. The molecule has 2 atom stereocenters. The average molecular weight is 217 g/mol. The first-order valence-corrected chi connectivity index (χ1v) is 5.73. The van der Waals surface area contributed by atoms with Crippen LogP contribution in [0.15, 0.2) is 24.3 Å². The van der Waals surface area contributed by atoms with E-state index < -0.39 is 0 Å². The van der Waals surface area contributed by atoms with Gasteiger partial charge in [-0.25, -0.2) is 0 Å². The number of rotatable bonds is 2. The van der Waals surface area contributed by atoms with Crippen LogP contribution in [0.5, 0.6) is 0 Å². The first-order valence-electron chi connectivity index (χ1n) is 5.73. The van der Waals surface area contributed by atoms with Gasteiger partial charge in [-0.3, -0.25) is 4.79 Å². The van der Waals surface area contributed by atoms with Gasteiger partial charge in [0, 0.05) is 17.8 Å². The molecule has 1 aromatic carbocycles. The van der Waals surface area contributed by atoms with Crippen molar-refractivity contribution in [1.82, 2.24) is 0 Å². The molecule has 2 unspecified atom stereocenters. The number of carbonyl (C=O) groups excluding carboxylic acids is 1. The second-order valence-electron chi connectivity index (χ2n) is 4.60. The fourth-order valence-corrected chi connectivity index (χ4v) is 2.60. The molecule has 2 saturated heterocycles. The van der Waals surface area contributed by atoms with Gasteiger partial charge < -0.3 is 9.64 Å². The van der Waals surface area contributed by atoms with Crippen LogP contribution in [0.3, 0.4) is 0 Å². The lowest BCUT2D eigenvalue weighted by Gasteiger charge is -2.29. The van der Waals surface area contributed by atoms with Crippen LogP contribution in [0.25, 0.3) is 0 Å². The third-order valence-electron chi connectivity index (χ3n) is 3.51. The summed E-state index contributed by atoms with van der Waals surface area (Å²) in [4.78, 5) is 13.6. The van der Waals surface area contributed by atoms with Crippen molar-refractivity contribution in [3.8, 4) is 0 Å². The Morgan fingerprint density at radius 2 is 2.12 bits per heavy atom. The molecule has 0 amide bonds. The first-order chi connectivity index (χ1) is 7.74. The number of nitrogens with zero attached hydrogens (tertiary/aromatic N) is 1. The summed E-state index contributed by atoms with van der Waals surface area (Å²) in [6.45, 7) is 3.43. The van der Waals surface area contributed by atoms with Crippen LogP contribution in [0.2, 0.25) is 0 Å². The summed E-state index contributed by atoms with van der Waals surface area (Å²) in [5, 5.41) is 0. The molecular formula is C13H15NO2. The molecule has 0 aromatic heterocycles. The van der Waals surface area contributed by atoms with Gasteiger partial charge in [0.25, 0.3) is 0 Å². The molecule has 84 valence electrons. The molecule has 2 aliphatic rings. The van der Waals surface area contributed by atoms with E-state index in [4.69, 9.17) is 4.74 Å². The van der Waals surface area contributed by atoms with E-state index in [1.54, 1.807) is 6.92 Å². The molecular weight excluding hydrogens is 202 g/mol. The molecule has 2 bridgehead atoms. The Hall–Kier alpha value is -1.35. The predicted octanol–water partition coefficient (Wildman–Crippen LogP) is 1.87. The highest BCUT2D eigenvalue weighted by molar-refractivity contribution is 5.94. The third kappa shape index (κ3) is 1.52. The zero-order valence-corrected chi connectivity index (χ0v) is 9.35. The Kier molecular flexibility index (Phi) is 2.21. The lowest BCUT2D eigenvalue weighted by Crippen LogP contribution is -2.36. The normalized spacial score (nSPS) is 27.4. The predicted molar refractivity (Wildman–Crippen MR) is 61.9 cm³/mol. The smallest absolute Gasteiger partial charge is 0.159 e. The fraction of sp³-hybridized carbons (Fsp3) is 0.462. The van der Waals surface area contributed by atoms with Crippen molar-refractivity contribution in [2.75, 3.05) is 18.1 Å². The topological polar surface area (TPSA) is 29.5 Å². The monoisotopic (exact) mass is 217 g/mol. The molecule has 0 spiro atoms. The van der Waals surface area contributed by atoms with E-state index >= 15 is 0 Å². The molecule has 0 radical (unpaired) electrons. The van der Waals surface area contributed by atoms with Gasteiger partial charge in [0.2, 0.25) is 0 Å². The number of anilines is 1. The van der Waals surface area contributed by atoms with Crippen molar-refractivity contribution >= 4 is 11.5 Å². The van der Waals surface area contributed by atoms with Crippen molar-refractivity contribution in [3.63, 3.8) is 0 Å². The van der Waals surface area contributed by atoms with Crippen molar-refractivity contribution in [3.05, 3.63) is 29.8 Å². The van der Waals surface area contributed by atoms with E-state index in [1.165, 1.54) is 5.69 Å². The van der Waals surface area contributed by atoms with Crippen LogP contribution in [-0.2, 0) is 4.74 Å². The average Bonchev–Trinajstić information content (AvgIpc) is 2.91. The number of hydrogen-bond donors (Lipinski definition) is 0. The lowest BCUT2D eigenvalue weighted by molar-refractivity contribution is 0.0990. The van der Waals surface area contributed by atoms with Crippen LogP contribution in [0.4, 0.5) is 5.69 Å². The third-order valence-corrected chi connectivity index (χ3v) is 3.51. The van der Waals surface area contributed by atoms with Gasteiger partial charge in [-0.05, 0) is 37.6 Å². The van der Waals surface area contributed by atoms with Crippen LogP contribution in [0.1, 0.15) is 23.7 Å². The Balaban J connectivity index is 1.82. The number of hydrogen-bond acceptors (Lipinski definition) is 3. The molecule has 3 rings (SSSR count). The Bertz CT molecular complexity index is 412. The maximum Gasteiger partial charge on any atom is 0.159 e. The van der Waals surface area contributed by atoms with Gasteiger partial charge in [0.1, 0.15) is 0 Å². The summed E-state index contributed by atoms with van der Waals surface area (Å²) >= 11 is 0. The van der Waals surface area contributed by atoms with Crippen LogP contribution >= 0.6 is 0 Å². The molecule has 0 N–H and O–H groups in total. The molecule has 2 heterocycles. The summed E-state index contributed by atoms with van der Waals surface area (Å²) in [6.07, 6.45) is 1.56. The van der Waals surface area contributed by atoms with E-state index in [0.29, 0.717) is 12.1 Å². The van der Waals surface area contributed by atoms with Crippen molar-refractivity contribution in [2.45, 2.75) is 25.5 Å². The minimum atomic E-state index is 0.123. The number of ether oxygens (including phenoxy) is 1. The lowest BCUT2D eigenvalue weighted by atomic mass is 10.1. The van der Waals surface area contributed by atoms with Crippen molar-refractivity contribution < 1.29 is 9.53 Å². The Morgan fingerprint density at radius 1 is 1.38 bits per heavy atom. The second-order valence-corrected chi connectivity index (χ2v) is 4.60. The van der Waals surface area contributed by atoms with Gasteiger partial charge in [-0.1, -0.05) is 0 Å². The number of Topliss-reactive ketones (excluding diaryl/α,β-unsaturated/α-hetero) is 1. The maximum absolute atomic E-state index is 11.2. The van der Waals surface area contributed by atoms with Gasteiger partial charge >= 0.3 is 0 Å². The zero-order valence-electron chi connectivity index (χ0n) is 9.35. The van der Waals surface area contributed by atoms with Crippen LogP contribution in [-0.4, -0.2) is 31.1 Å². The first kappa shape index (κ1) is 9.85. The highest BCUT2D eigenvalue weighted by Crippen LogP contribution is 2.32. The second kappa shape index (κ2) is 3.59. The summed E-state index contributed by atoms with van der Waals surface area (Å²) in [7, 11) is 0. The highest BCUT2D eigenvalue weighted by Gasteiger charge is 2.38. The van der Waals surface area contributed by atoms with Gasteiger partial charge in [0.05, 0.1) is 18.8 Å². The quantitative estimate of drug-likeness (QED) is 0.708. The van der Waals surface area contributed by atoms with E-state index in [9.17, 15) is 4.79 Å². The van der Waals surface area contributed by atoms with E-state index in [2.05, 4.69) is 4.90 Å². The van der Waals surface area contributed by atoms with Gasteiger partial charge in [-0.15, -0.1) is 0 Å². The molecule has 1 aromatic rings. The number of morpholine rings is 1. The zero-order chi connectivity index (χ0) is 11.1. The Morgan fingerprint density at radius 3 is 2.62 bits per heavy atom. The summed E-state index contributed by atoms with van der Waals surface area (Å²) in [5.74, 6) is 0.123. The van der Waals surface area contributed by atoms with Gasteiger partial charge in [-0.2, -0.15) is 0 Å². The highest BCUT2D eigenvalue weighted by atomic mass is 16.5. The van der Waals surface area contributed by atoms with Crippen molar-refractivity contribution in [1.29, 1.82) is 0 Å². The summed E-state index contributed by atoms with van der Waals surface area (Å²) in [6, 6.07) is 8.43. The van der Waals surface area contributed by atoms with Crippen molar-refractivity contribution in [2.24, 2.45) is 0 Å². The van der Waals surface area contributed by atoms with Crippen LogP contribution in [0, 0.1) is 0 Å². The molecule has 0 aliphatic carbocycles. The van der Waals surface area contributed by atoms with E-state index in [1.807, 2.05) is 24.3 Å². The SMILES string of the molecule is CC(=O)c1ccc(N2CC3CC2CO3)cc1. The molecule has 3 heteroatoms. The molecule has 2 fully saturated rings. The minimum absolute atomic E-state index is 0.123. The summed E-state index contributed by atoms with van der Waals surface area (Å²) < 4.78 is 5.57. The minimum Gasteiger partial charge on any atom is -0.374 e. The molecule has 2 aliphatic heterocycles. The standard InChI is InChI=1S/C13H15NO2/c1-9(15)10-2-4-11(5-3-10)14-7-13-6-12(14)8-16-13/h2-5,12-13H,6-8H2,1H3. The molecule has 0 saturated carbocycles. The molecule has 16 heavy (non-hydrogen) atoms. The number of fused-ring (bicyclic) bond motifs is 2. The number of benzene rings is 1. The summed E-state index contributed by atoms with van der Waals surface area (Å²) in [5.41, 5.74) is 1.99. The van der Waals surface area contributed by atoms with E-state index in [0.717, 1.165) is 25.1 Å².